The molecule has 0 aliphatic carbocycles. The van der Waals surface area contributed by atoms with Crippen molar-refractivity contribution in [1.82, 2.24) is 4.90 Å². The minimum atomic E-state index is -0.136. The van der Waals surface area contributed by atoms with Crippen molar-refractivity contribution in [2.75, 3.05) is 32.2 Å². The lowest BCUT2D eigenvalue weighted by Gasteiger charge is -2.38. The van der Waals surface area contributed by atoms with Gasteiger partial charge in [0.05, 0.1) is 20.5 Å². The van der Waals surface area contributed by atoms with Crippen LogP contribution in [0.4, 0.5) is 5.69 Å². The molecule has 6 nitrogen and oxygen atoms in total. The monoisotopic (exact) mass is 426 g/mol. The van der Waals surface area contributed by atoms with Crippen LogP contribution in [0.15, 0.2) is 57.8 Å². The molecular formula is C23H26N2O4S. The molecule has 1 fully saturated rings. The SMILES string of the molecule is COc1ccc(N(C(=O)c2ccco2)C2CCN(Cc3ccsc3)CC2)cc1OC. The summed E-state index contributed by atoms with van der Waals surface area (Å²) in [6, 6.07) is 11.3. The zero-order valence-electron chi connectivity index (χ0n) is 17.2. The van der Waals surface area contributed by atoms with Crippen LogP contribution in [0.25, 0.3) is 0 Å². The summed E-state index contributed by atoms with van der Waals surface area (Å²) in [4.78, 5) is 17.6. The van der Waals surface area contributed by atoms with E-state index >= 15 is 0 Å². The van der Waals surface area contributed by atoms with Gasteiger partial charge < -0.3 is 18.8 Å². The molecule has 0 N–H and O–H groups in total. The zero-order valence-corrected chi connectivity index (χ0v) is 18.1. The first kappa shape index (κ1) is 20.5. The van der Waals surface area contributed by atoms with Crippen molar-refractivity contribution in [2.45, 2.75) is 25.4 Å². The Labute approximate surface area is 180 Å². The topological polar surface area (TPSA) is 55.2 Å². The summed E-state index contributed by atoms with van der Waals surface area (Å²) in [5.74, 6) is 1.44. The largest absolute Gasteiger partial charge is 0.493 e. The first-order chi connectivity index (χ1) is 14.7. The summed E-state index contributed by atoms with van der Waals surface area (Å²) < 4.78 is 16.3. The van der Waals surface area contributed by atoms with Gasteiger partial charge in [-0.05, 0) is 59.5 Å². The number of hydrogen-bond donors (Lipinski definition) is 0. The van der Waals surface area contributed by atoms with Crippen LogP contribution in [-0.2, 0) is 6.54 Å². The van der Waals surface area contributed by atoms with E-state index in [4.69, 9.17) is 13.9 Å². The number of likely N-dealkylation sites (tertiary alicyclic amines) is 1. The van der Waals surface area contributed by atoms with Gasteiger partial charge in [0.25, 0.3) is 5.91 Å². The second-order valence-electron chi connectivity index (χ2n) is 7.33. The van der Waals surface area contributed by atoms with Crippen LogP contribution in [0.2, 0.25) is 0 Å². The van der Waals surface area contributed by atoms with Crippen LogP contribution in [-0.4, -0.2) is 44.2 Å². The van der Waals surface area contributed by atoms with Crippen molar-refractivity contribution in [1.29, 1.82) is 0 Å². The van der Waals surface area contributed by atoms with Crippen LogP contribution in [0.3, 0.4) is 0 Å². The van der Waals surface area contributed by atoms with Crippen LogP contribution >= 0.6 is 11.3 Å². The fourth-order valence-corrected chi connectivity index (χ4v) is 4.62. The van der Waals surface area contributed by atoms with Gasteiger partial charge in [0.1, 0.15) is 0 Å². The number of rotatable bonds is 7. The molecule has 2 aromatic heterocycles. The summed E-state index contributed by atoms with van der Waals surface area (Å²) in [7, 11) is 3.20. The maximum absolute atomic E-state index is 13.3. The summed E-state index contributed by atoms with van der Waals surface area (Å²) in [6.07, 6.45) is 3.32. The Bertz CT molecular complexity index is 948. The van der Waals surface area contributed by atoms with E-state index in [9.17, 15) is 4.79 Å². The van der Waals surface area contributed by atoms with Gasteiger partial charge >= 0.3 is 0 Å². The van der Waals surface area contributed by atoms with Gasteiger partial charge in [-0.3, -0.25) is 9.69 Å². The second-order valence-corrected chi connectivity index (χ2v) is 8.11. The van der Waals surface area contributed by atoms with Gasteiger partial charge in [0.2, 0.25) is 0 Å². The number of carbonyl (C=O) groups is 1. The summed E-state index contributed by atoms with van der Waals surface area (Å²) in [5.41, 5.74) is 2.13. The fourth-order valence-electron chi connectivity index (χ4n) is 3.96. The smallest absolute Gasteiger partial charge is 0.294 e. The molecule has 4 rings (SSSR count). The van der Waals surface area contributed by atoms with Gasteiger partial charge in [-0.25, -0.2) is 0 Å². The van der Waals surface area contributed by atoms with Crippen molar-refractivity contribution < 1.29 is 18.7 Å². The normalized spacial score (nSPS) is 15.1. The lowest BCUT2D eigenvalue weighted by Crippen LogP contribution is -2.47. The van der Waals surface area contributed by atoms with E-state index in [1.165, 1.54) is 11.8 Å². The Kier molecular flexibility index (Phi) is 6.40. The molecule has 3 aromatic rings. The molecule has 0 radical (unpaired) electrons. The van der Waals surface area contributed by atoms with E-state index in [0.29, 0.717) is 17.3 Å². The number of amides is 1. The van der Waals surface area contributed by atoms with Crippen LogP contribution < -0.4 is 14.4 Å². The lowest BCUT2D eigenvalue weighted by atomic mass is 10.0. The highest BCUT2D eigenvalue weighted by Crippen LogP contribution is 2.34. The number of ether oxygens (including phenoxy) is 2. The second kappa shape index (κ2) is 9.36. The molecule has 0 spiro atoms. The van der Waals surface area contributed by atoms with E-state index in [2.05, 4.69) is 21.7 Å². The maximum atomic E-state index is 13.3. The molecule has 0 bridgehead atoms. The molecule has 7 heteroatoms. The van der Waals surface area contributed by atoms with Crippen LogP contribution in [0.5, 0.6) is 11.5 Å². The number of benzene rings is 1. The summed E-state index contributed by atoms with van der Waals surface area (Å²) >= 11 is 1.73. The number of nitrogens with zero attached hydrogens (tertiary/aromatic N) is 2. The Morgan fingerprint density at radius 2 is 1.97 bits per heavy atom. The van der Waals surface area contributed by atoms with Crippen molar-refractivity contribution in [3.63, 3.8) is 0 Å². The molecule has 1 saturated heterocycles. The van der Waals surface area contributed by atoms with Gasteiger partial charge in [-0.15, -0.1) is 0 Å². The number of thiophene rings is 1. The predicted octanol–water partition coefficient (Wildman–Crippen LogP) is 4.67. The van der Waals surface area contributed by atoms with Gasteiger partial charge in [-0.2, -0.15) is 11.3 Å². The molecule has 1 aromatic carbocycles. The van der Waals surface area contributed by atoms with Crippen molar-refractivity contribution in [3.05, 3.63) is 64.7 Å². The minimum Gasteiger partial charge on any atom is -0.493 e. The number of methoxy groups -OCH3 is 2. The molecule has 1 amide bonds. The van der Waals surface area contributed by atoms with E-state index in [1.54, 1.807) is 37.7 Å². The number of piperidine rings is 1. The number of hydrogen-bond acceptors (Lipinski definition) is 6. The molecular weight excluding hydrogens is 400 g/mol. The van der Waals surface area contributed by atoms with Gasteiger partial charge in [0.15, 0.2) is 17.3 Å². The zero-order chi connectivity index (χ0) is 20.9. The average molecular weight is 427 g/mol. The first-order valence-electron chi connectivity index (χ1n) is 10.0. The minimum absolute atomic E-state index is 0.0828. The quantitative estimate of drug-likeness (QED) is 0.550. The van der Waals surface area contributed by atoms with E-state index in [0.717, 1.165) is 38.2 Å². The van der Waals surface area contributed by atoms with Crippen molar-refractivity contribution >= 4 is 22.9 Å². The Morgan fingerprint density at radius 1 is 1.17 bits per heavy atom. The van der Waals surface area contributed by atoms with Crippen molar-refractivity contribution in [2.24, 2.45) is 0 Å². The third-order valence-corrected chi connectivity index (χ3v) is 6.24. The van der Waals surface area contributed by atoms with E-state index in [1.807, 2.05) is 23.1 Å². The Balaban J connectivity index is 1.56. The highest BCUT2D eigenvalue weighted by molar-refractivity contribution is 7.07. The predicted molar refractivity (Wildman–Crippen MR) is 118 cm³/mol. The van der Waals surface area contributed by atoms with Crippen molar-refractivity contribution in [3.8, 4) is 11.5 Å². The molecule has 158 valence electrons. The van der Waals surface area contributed by atoms with Gasteiger partial charge in [0, 0.05) is 37.4 Å². The van der Waals surface area contributed by atoms with E-state index < -0.39 is 0 Å². The summed E-state index contributed by atoms with van der Waals surface area (Å²) in [5, 5.41) is 4.31. The Hall–Kier alpha value is -2.77. The first-order valence-corrected chi connectivity index (χ1v) is 11.0. The maximum Gasteiger partial charge on any atom is 0.294 e. The molecule has 3 heterocycles. The molecule has 1 aliphatic heterocycles. The van der Waals surface area contributed by atoms with E-state index in [-0.39, 0.29) is 11.9 Å². The lowest BCUT2D eigenvalue weighted by molar-refractivity contribution is 0.0931. The highest BCUT2D eigenvalue weighted by atomic mass is 32.1. The molecule has 1 aliphatic rings. The third-order valence-electron chi connectivity index (χ3n) is 5.50. The third kappa shape index (κ3) is 4.37. The average Bonchev–Trinajstić information content (AvgIpc) is 3.49. The molecule has 30 heavy (non-hydrogen) atoms. The Morgan fingerprint density at radius 3 is 2.60 bits per heavy atom. The van der Waals surface area contributed by atoms with Crippen LogP contribution in [0.1, 0.15) is 29.0 Å². The molecule has 0 unspecified atom stereocenters. The standard InChI is InChI=1S/C23H26N2O4S/c1-27-20-6-5-19(14-22(20)28-2)25(23(26)21-4-3-12-29-21)18-7-10-24(11-8-18)15-17-9-13-30-16-17/h3-6,9,12-14,16,18H,7-8,10-11,15H2,1-2H3. The number of anilines is 1. The fraction of sp³-hybridized carbons (Fsp3) is 0.348. The highest BCUT2D eigenvalue weighted by Gasteiger charge is 2.31. The molecule has 0 saturated carbocycles. The van der Waals surface area contributed by atoms with Gasteiger partial charge in [-0.1, -0.05) is 0 Å². The number of carbonyl (C=O) groups excluding carboxylic acids is 1. The molecule has 0 atom stereocenters. The number of furan rings is 1. The van der Waals surface area contributed by atoms with Crippen LogP contribution in [0, 0.1) is 0 Å². The summed E-state index contributed by atoms with van der Waals surface area (Å²) in [6.45, 7) is 2.84.